The van der Waals surface area contributed by atoms with Crippen LogP contribution >= 0.6 is 17.1 Å². The van der Waals surface area contributed by atoms with E-state index in [2.05, 4.69) is 42.4 Å². The average Bonchev–Trinajstić information content (AvgIpc) is 4.10. The molecule has 0 spiro atoms. The molecular formula is C49H59N6O8PS2. The molecule has 2 aromatic heterocycles. The molecule has 3 aliphatic heterocycles. The Labute approximate surface area is 396 Å². The maximum absolute atomic E-state index is 7.51. The molecule has 1 aliphatic carbocycles. The maximum Gasteiger partial charge on any atom is 0.248 e. The highest BCUT2D eigenvalue weighted by atomic mass is 32.9. The predicted octanol–water partition coefficient (Wildman–Crippen LogP) is 9.41. The number of ether oxygens (including phenoxy) is 6. The molecule has 5 aromatic rings. The Morgan fingerprint density at radius 1 is 0.955 bits per heavy atom. The van der Waals surface area contributed by atoms with Crippen LogP contribution in [0.2, 0.25) is 0 Å². The van der Waals surface area contributed by atoms with Crippen LogP contribution < -0.4 is 9.47 Å². The van der Waals surface area contributed by atoms with E-state index in [1.54, 1.807) is 39.0 Å². The minimum Gasteiger partial charge on any atom is -0.497 e. The van der Waals surface area contributed by atoms with Crippen molar-refractivity contribution in [2.45, 2.75) is 86.9 Å². The highest BCUT2D eigenvalue weighted by Gasteiger charge is 2.57. The van der Waals surface area contributed by atoms with E-state index in [0.29, 0.717) is 29.5 Å². The van der Waals surface area contributed by atoms with Gasteiger partial charge in [-0.3, -0.25) is 4.57 Å². The van der Waals surface area contributed by atoms with Crippen LogP contribution in [0.4, 0.5) is 5.82 Å². The van der Waals surface area contributed by atoms with Gasteiger partial charge >= 0.3 is 0 Å². The van der Waals surface area contributed by atoms with Crippen molar-refractivity contribution in [1.29, 1.82) is 0 Å². The molecule has 66 heavy (non-hydrogen) atoms. The zero-order chi connectivity index (χ0) is 46.1. The first-order valence-electron chi connectivity index (χ1n) is 22.5. The van der Waals surface area contributed by atoms with Gasteiger partial charge in [0.2, 0.25) is 5.69 Å². The Balaban J connectivity index is 1.15. The lowest BCUT2D eigenvalue weighted by Crippen LogP contribution is -2.41. The van der Waals surface area contributed by atoms with Crippen LogP contribution in [-0.2, 0) is 45.4 Å². The van der Waals surface area contributed by atoms with Crippen LogP contribution in [0.1, 0.15) is 68.9 Å². The number of hydrogen-bond acceptors (Lipinski definition) is 14. The van der Waals surface area contributed by atoms with E-state index in [-0.39, 0.29) is 24.1 Å². The quantitative estimate of drug-likeness (QED) is 0.0379. The third-order valence-corrected chi connectivity index (χ3v) is 19.1. The lowest BCUT2D eigenvalue weighted by Gasteiger charge is -2.37. The molecule has 0 N–H and O–H groups in total. The molecule has 0 unspecified atom stereocenters. The molecule has 1 saturated carbocycles. The smallest absolute Gasteiger partial charge is 0.248 e. The molecule has 0 bridgehead atoms. The van der Waals surface area contributed by atoms with Gasteiger partial charge in [-0.25, -0.2) is 19.9 Å². The maximum atomic E-state index is 7.51. The lowest BCUT2D eigenvalue weighted by molar-refractivity contribution is -0.0965. The van der Waals surface area contributed by atoms with Gasteiger partial charge in [0.25, 0.3) is 0 Å². The third kappa shape index (κ3) is 9.21. The number of allylic oxidation sites excluding steroid dienone is 1. The van der Waals surface area contributed by atoms with Gasteiger partial charge in [-0.1, -0.05) is 78.1 Å². The predicted molar refractivity (Wildman–Crippen MR) is 260 cm³/mol. The van der Waals surface area contributed by atoms with E-state index in [0.717, 1.165) is 72.7 Å². The summed E-state index contributed by atoms with van der Waals surface area (Å²) >= 11 is 8.19. The van der Waals surface area contributed by atoms with Gasteiger partial charge in [-0.2, -0.15) is 0 Å². The first-order chi connectivity index (χ1) is 32.0. The summed E-state index contributed by atoms with van der Waals surface area (Å²) in [6.45, 7) is 10.2. The van der Waals surface area contributed by atoms with Crippen molar-refractivity contribution in [3.63, 3.8) is 0 Å². The molecule has 350 valence electrons. The second kappa shape index (κ2) is 19.8. The van der Waals surface area contributed by atoms with Crippen LogP contribution in [0.15, 0.2) is 109 Å². The molecule has 17 heteroatoms. The van der Waals surface area contributed by atoms with E-state index in [9.17, 15) is 0 Å². The van der Waals surface area contributed by atoms with Crippen molar-refractivity contribution in [1.82, 2.24) is 24.4 Å². The van der Waals surface area contributed by atoms with E-state index >= 15 is 0 Å². The summed E-state index contributed by atoms with van der Waals surface area (Å²) < 4.78 is 54.3. The summed E-state index contributed by atoms with van der Waals surface area (Å²) in [5.41, 5.74) is 0.758. The molecule has 14 nitrogen and oxygen atoms in total. The van der Waals surface area contributed by atoms with Crippen molar-refractivity contribution >= 4 is 51.7 Å². The first-order valence-corrected chi connectivity index (χ1v) is 26.6. The Kier molecular flexibility index (Phi) is 14.1. The first kappa shape index (κ1) is 46.9. The van der Waals surface area contributed by atoms with Crippen LogP contribution in [0.5, 0.6) is 11.5 Å². The van der Waals surface area contributed by atoms with E-state index in [4.69, 9.17) is 64.2 Å². The molecule has 3 aromatic carbocycles. The number of hydrogen-bond donors (Lipinski definition) is 0. The average molecular weight is 955 g/mol. The third-order valence-electron chi connectivity index (χ3n) is 13.4. The molecule has 4 aliphatic rings. The van der Waals surface area contributed by atoms with Crippen LogP contribution in [0.25, 0.3) is 11.2 Å². The van der Waals surface area contributed by atoms with E-state index < -0.39 is 35.8 Å². The number of aliphatic imine (C=N–C) groups is 1. The van der Waals surface area contributed by atoms with Gasteiger partial charge in [0.1, 0.15) is 47.6 Å². The SMILES string of the molecule is C=C(C)[C@H]1CC[C@@]2(C)S[P@@](=S)(O[C@H]3[C@@H](OCCOC)[C@H](n4cnc5c(/N=C6\CCCN6C)ncnc54)O[C@@H]3COC(c3ccccc3)(c3ccc(OC)cc3)c3ccc(OC)cc3)O[C@@H]2C1. The van der Waals surface area contributed by atoms with Crippen molar-refractivity contribution < 1.29 is 37.5 Å². The standard InChI is InChI=1S/C49H59N6O8PS2/c1-32(2)33-23-24-48(3)40(28-33)62-64(65,66-48)63-43-39(29-60-49(34-12-9-8-10-13-34,35-15-19-37(57-6)20-16-35)36-17-21-38(58-7)22-18-36)61-47(44(43)59-27-26-56-5)55-31-52-42-45(50-30-51-46(42)55)53-41-14-11-25-54(41)4/h8-10,12-13,15-22,30-31,33,39-40,43-44,47H,1,11,14,23-29H2,2-7H3/b53-41+/t33-,39+,40+,43+,44+,47+,48+,64+/m0/s1. The summed E-state index contributed by atoms with van der Waals surface area (Å²) in [7, 11) is 7.01. The summed E-state index contributed by atoms with van der Waals surface area (Å²) in [6.07, 6.45) is 4.83. The lowest BCUT2D eigenvalue weighted by atomic mass is 9.77. The minimum absolute atomic E-state index is 0.0452. The summed E-state index contributed by atoms with van der Waals surface area (Å²) in [6, 6.07) is 26.1. The van der Waals surface area contributed by atoms with Crippen molar-refractivity contribution in [2.75, 3.05) is 54.7 Å². The Hall–Kier alpha value is -4.22. The highest BCUT2D eigenvalue weighted by molar-refractivity contribution is 8.68. The van der Waals surface area contributed by atoms with Gasteiger partial charge in [0.15, 0.2) is 23.2 Å². The summed E-state index contributed by atoms with van der Waals surface area (Å²) in [5, 5.41) is 0. The second-order valence-corrected chi connectivity index (χ2v) is 24.2. The fourth-order valence-electron chi connectivity index (χ4n) is 9.67. The fraction of sp³-hybridized carbons (Fsp3) is 0.469. The molecular weight excluding hydrogens is 896 g/mol. The molecule has 4 fully saturated rings. The van der Waals surface area contributed by atoms with Gasteiger partial charge in [0, 0.05) is 31.9 Å². The summed E-state index contributed by atoms with van der Waals surface area (Å²) in [5.74, 6) is 3.26. The number of rotatable bonds is 17. The fourth-order valence-corrected chi connectivity index (χ4v) is 17.2. The second-order valence-electron chi connectivity index (χ2n) is 17.6. The number of methoxy groups -OCH3 is 3. The number of fused-ring (bicyclic) bond motifs is 2. The van der Waals surface area contributed by atoms with Gasteiger partial charge in [-0.05, 0) is 98.2 Å². The van der Waals surface area contributed by atoms with Gasteiger partial charge < -0.3 is 42.4 Å². The number of nitrogens with zero attached hydrogens (tertiary/aromatic N) is 6. The molecule has 0 radical (unpaired) electrons. The van der Waals surface area contributed by atoms with Crippen LogP contribution in [0, 0.1) is 5.92 Å². The largest absolute Gasteiger partial charge is 0.497 e. The molecule has 9 rings (SSSR count). The van der Waals surface area contributed by atoms with Crippen molar-refractivity contribution in [3.05, 3.63) is 120 Å². The Bertz CT molecular complexity index is 2520. The zero-order valence-corrected chi connectivity index (χ0v) is 40.9. The van der Waals surface area contributed by atoms with Crippen LogP contribution in [-0.4, -0.2) is 114 Å². The number of imidazole rings is 1. The highest BCUT2D eigenvalue weighted by Crippen LogP contribution is 2.76. The van der Waals surface area contributed by atoms with Crippen molar-refractivity contribution in [3.8, 4) is 11.5 Å². The molecule has 8 atom stereocenters. The molecule has 0 amide bonds. The van der Waals surface area contributed by atoms with Gasteiger partial charge in [0.05, 0.1) is 46.5 Å². The van der Waals surface area contributed by atoms with Gasteiger partial charge in [-0.15, -0.1) is 0 Å². The Morgan fingerprint density at radius 3 is 2.29 bits per heavy atom. The zero-order valence-electron chi connectivity index (χ0n) is 38.4. The van der Waals surface area contributed by atoms with Crippen LogP contribution in [0.3, 0.4) is 0 Å². The monoisotopic (exact) mass is 954 g/mol. The molecule has 3 saturated heterocycles. The summed E-state index contributed by atoms with van der Waals surface area (Å²) in [4.78, 5) is 21.3. The molecule has 5 heterocycles. The minimum atomic E-state index is -3.03. The Morgan fingerprint density at radius 2 is 1.65 bits per heavy atom. The van der Waals surface area contributed by atoms with E-state index in [1.807, 2.05) is 78.3 Å². The van der Waals surface area contributed by atoms with Crippen molar-refractivity contribution in [2.24, 2.45) is 10.9 Å². The number of aromatic nitrogens is 4. The number of amidine groups is 1. The van der Waals surface area contributed by atoms with E-state index in [1.165, 1.54) is 11.9 Å². The normalized spacial score (nSPS) is 28.3. The number of likely N-dealkylation sites (tertiary alicyclic amines) is 1. The topological polar surface area (TPSA) is 133 Å². The number of benzene rings is 3.